The summed E-state index contributed by atoms with van der Waals surface area (Å²) < 4.78 is 54.1. The second-order valence-electron chi connectivity index (χ2n) is 27.6. The van der Waals surface area contributed by atoms with Crippen molar-refractivity contribution in [3.05, 3.63) is 422 Å². The van der Waals surface area contributed by atoms with Crippen LogP contribution in [0.5, 0.6) is 74.7 Å². The number of benzene rings is 14. The maximum Gasteiger partial charge on any atom is 0.343 e. The standard InChI is InChI=1S/2C35H30O5.C14H12O5.C10H12O2.C7H8O/c2*1-26-12-11-19-31(20-26)40-35(36)30-21-32(37-23-27-13-5-2-6-14-27)34(39-25-29-17-9-4-10-18-29)33(22-30)38-24-28-15-7-3-8-16-28;1-8-3-2-4-10(5-8)19-14(18)9-6-11(15)13(17)12(16)7-9;1-6-4-9(10(11)12)5-7(2)8(6)3;1-6-3-2-4-7(8)5-6/h2*2-22H,23-25H2,1H3;2-7,15-17H,1H3;4-5H,1-3H3,(H,11,12);2-5,8H,1H3. The first-order valence-electron chi connectivity index (χ1n) is 38.1. The molecule has 0 aromatic heterocycles. The Labute approximate surface area is 692 Å². The molecule has 0 saturated heterocycles. The van der Waals surface area contributed by atoms with E-state index in [1.54, 1.807) is 78.9 Å². The topological polar surface area (TPSA) is 252 Å². The molecule has 0 heterocycles. The molecule has 18 heteroatoms. The first-order valence-corrected chi connectivity index (χ1v) is 38.1. The number of ether oxygens (including phenoxy) is 9. The van der Waals surface area contributed by atoms with Gasteiger partial charge in [0, 0.05) is 0 Å². The van der Waals surface area contributed by atoms with Crippen LogP contribution in [0.25, 0.3) is 0 Å². The number of hydrogen-bond donors (Lipinski definition) is 5. The van der Waals surface area contributed by atoms with Gasteiger partial charge >= 0.3 is 23.9 Å². The van der Waals surface area contributed by atoms with Crippen LogP contribution in [0.4, 0.5) is 0 Å². The summed E-state index contributed by atoms with van der Waals surface area (Å²) in [6.07, 6.45) is 0. The highest BCUT2D eigenvalue weighted by atomic mass is 16.6. The fourth-order valence-electron chi connectivity index (χ4n) is 11.5. The summed E-state index contributed by atoms with van der Waals surface area (Å²) in [4.78, 5) is 49.0. The monoisotopic (exact) mass is 1590 g/mol. The highest BCUT2D eigenvalue weighted by Crippen LogP contribution is 2.43. The number of carbonyl (C=O) groups is 4. The van der Waals surface area contributed by atoms with E-state index in [0.29, 0.717) is 87.4 Å². The third-order valence-electron chi connectivity index (χ3n) is 18.0. The molecule has 0 amide bonds. The Morgan fingerprint density at radius 2 is 0.513 bits per heavy atom. The zero-order valence-corrected chi connectivity index (χ0v) is 67.0. The van der Waals surface area contributed by atoms with E-state index in [4.69, 9.17) is 52.8 Å². The summed E-state index contributed by atoms with van der Waals surface area (Å²) in [5.41, 5.74) is 14.1. The van der Waals surface area contributed by atoms with Gasteiger partial charge in [0.2, 0.25) is 11.5 Å². The van der Waals surface area contributed by atoms with Gasteiger partial charge in [-0.15, -0.1) is 0 Å². The lowest BCUT2D eigenvalue weighted by Gasteiger charge is -2.19. The lowest BCUT2D eigenvalue weighted by atomic mass is 10.0. The van der Waals surface area contributed by atoms with Crippen LogP contribution in [0.1, 0.15) is 114 Å². The van der Waals surface area contributed by atoms with E-state index in [1.165, 1.54) is 5.56 Å². The number of carboxylic acids is 1. The van der Waals surface area contributed by atoms with Crippen molar-refractivity contribution in [2.45, 2.75) is 88.1 Å². The fraction of sp³-hybridized carbons (Fsp3) is 0.129. The van der Waals surface area contributed by atoms with Crippen LogP contribution in [0.3, 0.4) is 0 Å². The number of aromatic hydroxyl groups is 4. The van der Waals surface area contributed by atoms with Crippen molar-refractivity contribution < 1.29 is 87.3 Å². The summed E-state index contributed by atoms with van der Waals surface area (Å²) in [6, 6.07) is 99.8. The van der Waals surface area contributed by atoms with Gasteiger partial charge in [0.25, 0.3) is 0 Å². The molecule has 0 unspecified atom stereocenters. The van der Waals surface area contributed by atoms with Gasteiger partial charge in [0.1, 0.15) is 62.6 Å². The maximum absolute atomic E-state index is 13.3. The lowest BCUT2D eigenvalue weighted by molar-refractivity contribution is 0.0691. The third-order valence-corrected chi connectivity index (χ3v) is 18.0. The number of carboxylic acid groups (broad SMARTS) is 1. The molecule has 14 aromatic rings. The summed E-state index contributed by atoms with van der Waals surface area (Å²) in [6.45, 7) is 15.3. The van der Waals surface area contributed by atoms with Crippen molar-refractivity contribution in [1.82, 2.24) is 0 Å². The van der Waals surface area contributed by atoms with E-state index in [0.717, 1.165) is 78.9 Å². The zero-order valence-electron chi connectivity index (χ0n) is 67.0. The van der Waals surface area contributed by atoms with Gasteiger partial charge in [-0.2, -0.15) is 0 Å². The Morgan fingerprint density at radius 1 is 0.261 bits per heavy atom. The van der Waals surface area contributed by atoms with Crippen molar-refractivity contribution >= 4 is 23.9 Å². The van der Waals surface area contributed by atoms with Crippen molar-refractivity contribution in [2.75, 3.05) is 0 Å². The minimum Gasteiger partial charge on any atom is -0.508 e. The molecule has 0 atom stereocenters. The average molecular weight is 1590 g/mol. The Kier molecular flexibility index (Phi) is 31.9. The molecule has 14 aromatic carbocycles. The highest BCUT2D eigenvalue weighted by Gasteiger charge is 2.24. The maximum atomic E-state index is 13.3. The molecule has 604 valence electrons. The molecule has 0 radical (unpaired) electrons. The van der Waals surface area contributed by atoms with Crippen molar-refractivity contribution in [3.8, 4) is 74.7 Å². The van der Waals surface area contributed by atoms with E-state index in [9.17, 15) is 34.5 Å². The zero-order chi connectivity index (χ0) is 84.4. The van der Waals surface area contributed by atoms with Gasteiger partial charge in [-0.3, -0.25) is 0 Å². The average Bonchev–Trinajstić information content (AvgIpc) is 0.808. The molecule has 0 fully saturated rings. The first kappa shape index (κ1) is 86.4. The molecular formula is C101H92O18. The van der Waals surface area contributed by atoms with Crippen LogP contribution < -0.4 is 42.6 Å². The van der Waals surface area contributed by atoms with E-state index in [-0.39, 0.29) is 32.0 Å². The van der Waals surface area contributed by atoms with Gasteiger partial charge in [-0.1, -0.05) is 231 Å². The smallest absolute Gasteiger partial charge is 0.343 e. The summed E-state index contributed by atoms with van der Waals surface area (Å²) in [5, 5.41) is 45.4. The normalized spacial score (nSPS) is 10.3. The van der Waals surface area contributed by atoms with E-state index in [1.807, 2.05) is 285 Å². The molecule has 0 spiro atoms. The van der Waals surface area contributed by atoms with Crippen molar-refractivity contribution in [3.63, 3.8) is 0 Å². The number of carbonyl (C=O) groups excluding carboxylic acids is 3. The van der Waals surface area contributed by atoms with E-state index >= 15 is 0 Å². The van der Waals surface area contributed by atoms with Gasteiger partial charge < -0.3 is 68.2 Å². The highest BCUT2D eigenvalue weighted by molar-refractivity contribution is 5.94. The van der Waals surface area contributed by atoms with Crippen LogP contribution in [0.2, 0.25) is 0 Å². The summed E-state index contributed by atoms with van der Waals surface area (Å²) >= 11 is 0. The van der Waals surface area contributed by atoms with Gasteiger partial charge in [-0.05, 0) is 218 Å². The van der Waals surface area contributed by atoms with E-state index < -0.39 is 41.1 Å². The SMILES string of the molecule is Cc1cc(C(=O)O)cc(C)c1C.Cc1cccc(O)c1.Cc1cccc(OC(=O)c2cc(O)c(O)c(O)c2)c1.Cc1cccc(OC(=O)c2cc(OCc3ccccc3)c(OCc3ccccc3)c(OCc3ccccc3)c2)c1.Cc1cccc(OC(=O)c2cc(OCc3ccccc3)c(OCc3ccccc3)c(OCc3ccccc3)c2)c1. The molecular weight excluding hydrogens is 1500 g/mol. The predicted molar refractivity (Wildman–Crippen MR) is 458 cm³/mol. The fourth-order valence-corrected chi connectivity index (χ4v) is 11.5. The Balaban J connectivity index is 0.000000174. The Bertz CT molecular complexity index is 5220. The Hall–Kier alpha value is -15.0. The molecule has 119 heavy (non-hydrogen) atoms. The quantitative estimate of drug-likeness (QED) is 0.0203. The van der Waals surface area contributed by atoms with Gasteiger partial charge in [-0.25, -0.2) is 19.2 Å². The Morgan fingerprint density at radius 3 is 0.756 bits per heavy atom. The van der Waals surface area contributed by atoms with Crippen LogP contribution in [0, 0.1) is 48.5 Å². The largest absolute Gasteiger partial charge is 0.508 e. The number of aromatic carboxylic acids is 1. The van der Waals surface area contributed by atoms with Gasteiger partial charge in [0.15, 0.2) is 40.2 Å². The minimum atomic E-state index is -0.860. The minimum absolute atomic E-state index is 0.0608. The number of phenolic OH excluding ortho intramolecular Hbond substituents is 4. The number of phenols is 4. The molecule has 0 saturated carbocycles. The van der Waals surface area contributed by atoms with E-state index in [2.05, 4.69) is 0 Å². The summed E-state index contributed by atoms with van der Waals surface area (Å²) in [7, 11) is 0. The van der Waals surface area contributed by atoms with Crippen LogP contribution >= 0.6 is 0 Å². The second-order valence-corrected chi connectivity index (χ2v) is 27.6. The first-order chi connectivity index (χ1) is 57.5. The molecule has 14 rings (SSSR count). The molecule has 5 N–H and O–H groups in total. The number of esters is 3. The van der Waals surface area contributed by atoms with Crippen LogP contribution in [0.15, 0.2) is 328 Å². The molecule has 18 nitrogen and oxygen atoms in total. The summed E-state index contributed by atoms with van der Waals surface area (Å²) in [5.74, 6) is -0.458. The molecule has 0 aliphatic carbocycles. The number of aryl methyl sites for hydroxylation is 6. The van der Waals surface area contributed by atoms with Crippen molar-refractivity contribution in [1.29, 1.82) is 0 Å². The van der Waals surface area contributed by atoms with Crippen LogP contribution in [-0.2, 0) is 39.6 Å². The molecule has 0 aliphatic heterocycles. The van der Waals surface area contributed by atoms with Gasteiger partial charge in [0.05, 0.1) is 22.3 Å². The lowest BCUT2D eigenvalue weighted by Crippen LogP contribution is -2.11. The molecule has 0 bridgehead atoms. The third kappa shape index (κ3) is 27.6. The number of hydrogen-bond acceptors (Lipinski definition) is 17. The van der Waals surface area contributed by atoms with Crippen molar-refractivity contribution in [2.24, 2.45) is 0 Å². The number of rotatable bonds is 25. The predicted octanol–water partition coefficient (Wildman–Crippen LogP) is 22.2. The second kappa shape index (κ2) is 44.0. The van der Waals surface area contributed by atoms with Crippen LogP contribution in [-0.4, -0.2) is 49.4 Å². The molecule has 0 aliphatic rings.